The Hall–Kier alpha value is -0.450. The Kier molecular flexibility index (Phi) is 3.15. The lowest BCUT2D eigenvalue weighted by Gasteiger charge is -2.05. The smallest absolute Gasteiger partial charge is 0.123 e. The van der Waals surface area contributed by atoms with Crippen molar-refractivity contribution in [2.24, 2.45) is 0 Å². The van der Waals surface area contributed by atoms with Crippen molar-refractivity contribution in [3.8, 4) is 11.5 Å². The number of benzene rings is 1. The van der Waals surface area contributed by atoms with Gasteiger partial charge in [-0.05, 0) is 25.1 Å². The van der Waals surface area contributed by atoms with Crippen molar-refractivity contribution in [2.75, 3.05) is 11.0 Å². The monoisotopic (exact) mass is 304 g/mol. The zero-order valence-corrected chi connectivity index (χ0v) is 10.3. The largest absolute Gasteiger partial charge is 0.494 e. The van der Waals surface area contributed by atoms with Crippen LogP contribution in [0.25, 0.3) is 0 Å². The highest BCUT2D eigenvalue weighted by atomic mass is 127. The minimum absolute atomic E-state index is 0.350. The van der Waals surface area contributed by atoms with Gasteiger partial charge in [-0.2, -0.15) is 0 Å². The molecule has 1 atom stereocenters. The van der Waals surface area contributed by atoms with Crippen LogP contribution in [-0.2, 0) is 6.42 Å². The zero-order valence-electron chi connectivity index (χ0n) is 8.13. The SMILES string of the molecule is CCOc1ccc2c(c1)CC(CI)O2. The van der Waals surface area contributed by atoms with Crippen LogP contribution in [0.15, 0.2) is 18.2 Å². The molecule has 0 bridgehead atoms. The van der Waals surface area contributed by atoms with Gasteiger partial charge in [-0.3, -0.25) is 0 Å². The summed E-state index contributed by atoms with van der Waals surface area (Å²) in [4.78, 5) is 0. The predicted octanol–water partition coefficient (Wildman–Crippen LogP) is 2.82. The lowest BCUT2D eigenvalue weighted by atomic mass is 10.1. The van der Waals surface area contributed by atoms with Gasteiger partial charge in [0.15, 0.2) is 0 Å². The van der Waals surface area contributed by atoms with Crippen LogP contribution in [0.4, 0.5) is 0 Å². The molecule has 0 radical (unpaired) electrons. The zero-order chi connectivity index (χ0) is 9.97. The second-order valence-electron chi connectivity index (χ2n) is 3.30. The van der Waals surface area contributed by atoms with Crippen molar-refractivity contribution < 1.29 is 9.47 Å². The number of rotatable bonds is 3. The first-order valence-corrected chi connectivity index (χ1v) is 6.34. The van der Waals surface area contributed by atoms with Crippen LogP contribution in [-0.4, -0.2) is 17.1 Å². The molecule has 0 aliphatic carbocycles. The second kappa shape index (κ2) is 4.38. The standard InChI is InChI=1S/C11H13IO2/c1-2-13-9-3-4-11-8(5-9)6-10(7-12)14-11/h3-5,10H,2,6-7H2,1H3. The van der Waals surface area contributed by atoms with Gasteiger partial charge >= 0.3 is 0 Å². The number of halogens is 1. The summed E-state index contributed by atoms with van der Waals surface area (Å²) in [6, 6.07) is 6.07. The Morgan fingerprint density at radius 3 is 3.14 bits per heavy atom. The summed E-state index contributed by atoms with van der Waals surface area (Å²) in [5.41, 5.74) is 1.28. The first-order valence-electron chi connectivity index (χ1n) is 4.82. The van der Waals surface area contributed by atoms with Crippen LogP contribution in [0.5, 0.6) is 11.5 Å². The Balaban J connectivity index is 2.17. The molecule has 0 spiro atoms. The Bertz CT molecular complexity index is 325. The van der Waals surface area contributed by atoms with Crippen LogP contribution < -0.4 is 9.47 Å². The Morgan fingerprint density at radius 2 is 2.43 bits per heavy atom. The van der Waals surface area contributed by atoms with Crippen LogP contribution >= 0.6 is 22.6 Å². The molecule has 1 unspecified atom stereocenters. The summed E-state index contributed by atoms with van der Waals surface area (Å²) in [5.74, 6) is 1.97. The number of alkyl halides is 1. The van der Waals surface area contributed by atoms with E-state index in [1.807, 2.05) is 19.1 Å². The number of hydrogen-bond donors (Lipinski definition) is 0. The molecular weight excluding hydrogens is 291 g/mol. The normalized spacial score (nSPS) is 18.9. The Labute approximate surface area is 97.7 Å². The molecule has 1 heterocycles. The van der Waals surface area contributed by atoms with Gasteiger partial charge in [-0.1, -0.05) is 22.6 Å². The van der Waals surface area contributed by atoms with Crippen LogP contribution in [0, 0.1) is 0 Å². The van der Waals surface area contributed by atoms with Gasteiger partial charge in [0.05, 0.1) is 6.61 Å². The molecule has 0 fully saturated rings. The van der Waals surface area contributed by atoms with Crippen LogP contribution in [0.3, 0.4) is 0 Å². The van der Waals surface area contributed by atoms with E-state index in [1.54, 1.807) is 0 Å². The van der Waals surface area contributed by atoms with E-state index < -0.39 is 0 Å². The maximum atomic E-state index is 5.73. The van der Waals surface area contributed by atoms with Crippen molar-refractivity contribution >= 4 is 22.6 Å². The summed E-state index contributed by atoms with van der Waals surface area (Å²) >= 11 is 2.36. The van der Waals surface area contributed by atoms with Crippen molar-refractivity contribution in [1.82, 2.24) is 0 Å². The average Bonchev–Trinajstić information content (AvgIpc) is 2.60. The summed E-state index contributed by atoms with van der Waals surface area (Å²) in [6.07, 6.45) is 1.36. The third-order valence-corrected chi connectivity index (χ3v) is 3.24. The molecule has 0 aromatic heterocycles. The summed E-state index contributed by atoms with van der Waals surface area (Å²) in [6.45, 7) is 2.72. The van der Waals surface area contributed by atoms with Gasteiger partial charge in [0, 0.05) is 16.4 Å². The van der Waals surface area contributed by atoms with Gasteiger partial charge in [0.25, 0.3) is 0 Å². The molecule has 0 saturated heterocycles. The van der Waals surface area contributed by atoms with Crippen molar-refractivity contribution in [3.63, 3.8) is 0 Å². The van der Waals surface area contributed by atoms with E-state index in [2.05, 4.69) is 28.7 Å². The molecule has 3 heteroatoms. The minimum Gasteiger partial charge on any atom is -0.494 e. The first-order chi connectivity index (χ1) is 6.83. The minimum atomic E-state index is 0.350. The molecule has 2 rings (SSSR count). The van der Waals surface area contributed by atoms with E-state index in [0.717, 1.165) is 29.0 Å². The van der Waals surface area contributed by atoms with E-state index in [0.29, 0.717) is 6.10 Å². The fourth-order valence-corrected chi connectivity index (χ4v) is 2.13. The maximum Gasteiger partial charge on any atom is 0.123 e. The molecule has 0 saturated carbocycles. The number of hydrogen-bond acceptors (Lipinski definition) is 2. The number of ether oxygens (including phenoxy) is 2. The molecule has 14 heavy (non-hydrogen) atoms. The molecule has 1 aromatic rings. The van der Waals surface area contributed by atoms with Gasteiger partial charge in [-0.25, -0.2) is 0 Å². The molecule has 1 aromatic carbocycles. The van der Waals surface area contributed by atoms with E-state index in [9.17, 15) is 0 Å². The maximum absolute atomic E-state index is 5.73. The molecule has 2 nitrogen and oxygen atoms in total. The van der Waals surface area contributed by atoms with E-state index in [4.69, 9.17) is 9.47 Å². The first kappa shape index (κ1) is 10.1. The predicted molar refractivity (Wildman–Crippen MR) is 64.6 cm³/mol. The van der Waals surface area contributed by atoms with Crippen molar-refractivity contribution in [3.05, 3.63) is 23.8 Å². The van der Waals surface area contributed by atoms with Gasteiger partial charge in [0.1, 0.15) is 17.6 Å². The van der Waals surface area contributed by atoms with Crippen molar-refractivity contribution in [2.45, 2.75) is 19.4 Å². The lowest BCUT2D eigenvalue weighted by Crippen LogP contribution is -2.13. The van der Waals surface area contributed by atoms with Crippen LogP contribution in [0.1, 0.15) is 12.5 Å². The highest BCUT2D eigenvalue weighted by Gasteiger charge is 2.21. The Morgan fingerprint density at radius 1 is 1.57 bits per heavy atom. The fourth-order valence-electron chi connectivity index (χ4n) is 1.64. The fraction of sp³-hybridized carbons (Fsp3) is 0.455. The summed E-state index contributed by atoms with van der Waals surface area (Å²) < 4.78 is 12.2. The highest BCUT2D eigenvalue weighted by Crippen LogP contribution is 2.32. The van der Waals surface area contributed by atoms with Crippen LogP contribution in [0.2, 0.25) is 0 Å². The second-order valence-corrected chi connectivity index (χ2v) is 4.18. The van der Waals surface area contributed by atoms with Gasteiger partial charge < -0.3 is 9.47 Å². The van der Waals surface area contributed by atoms with Gasteiger partial charge in [0.2, 0.25) is 0 Å². The molecule has 1 aliphatic heterocycles. The molecule has 76 valence electrons. The van der Waals surface area contributed by atoms with E-state index in [1.165, 1.54) is 5.56 Å². The topological polar surface area (TPSA) is 18.5 Å². The average molecular weight is 304 g/mol. The van der Waals surface area contributed by atoms with E-state index >= 15 is 0 Å². The quantitative estimate of drug-likeness (QED) is 0.631. The highest BCUT2D eigenvalue weighted by molar-refractivity contribution is 14.1. The van der Waals surface area contributed by atoms with Crippen molar-refractivity contribution in [1.29, 1.82) is 0 Å². The number of fused-ring (bicyclic) bond motifs is 1. The third-order valence-electron chi connectivity index (χ3n) is 2.26. The molecular formula is C11H13IO2. The summed E-state index contributed by atoms with van der Waals surface area (Å²) in [5, 5.41) is 0. The summed E-state index contributed by atoms with van der Waals surface area (Å²) in [7, 11) is 0. The lowest BCUT2D eigenvalue weighted by molar-refractivity contribution is 0.262. The molecule has 0 amide bonds. The van der Waals surface area contributed by atoms with E-state index in [-0.39, 0.29) is 0 Å². The third kappa shape index (κ3) is 1.97. The van der Waals surface area contributed by atoms with Gasteiger partial charge in [-0.15, -0.1) is 0 Å². The molecule has 1 aliphatic rings. The molecule has 0 N–H and O–H groups in total.